The van der Waals surface area contributed by atoms with E-state index in [-0.39, 0.29) is 5.91 Å². The number of hydrogen-bond donors (Lipinski definition) is 1. The number of likely N-dealkylation sites (tertiary alicyclic amines) is 1. The molecule has 2 rings (SSSR count). The second-order valence-electron chi connectivity index (χ2n) is 5.39. The number of rotatable bonds is 2. The molecule has 1 aromatic heterocycles. The second kappa shape index (κ2) is 5.57. The molecule has 0 radical (unpaired) electrons. The van der Waals surface area contributed by atoms with Crippen molar-refractivity contribution < 1.29 is 9.90 Å². The summed E-state index contributed by atoms with van der Waals surface area (Å²) in [6.45, 7) is 3.17. The van der Waals surface area contributed by atoms with Gasteiger partial charge in [-0.05, 0) is 38.3 Å². The summed E-state index contributed by atoms with van der Waals surface area (Å²) in [5.41, 5.74) is 0.260. The summed E-state index contributed by atoms with van der Waals surface area (Å²) in [6.07, 6.45) is 7.29. The van der Waals surface area contributed by atoms with Gasteiger partial charge in [0, 0.05) is 32.4 Å². The summed E-state index contributed by atoms with van der Waals surface area (Å²) in [7, 11) is 1.84. The number of hydrogen-bond acceptors (Lipinski definition) is 3. The van der Waals surface area contributed by atoms with Crippen molar-refractivity contribution in [3.8, 4) is 0 Å². The van der Waals surface area contributed by atoms with Gasteiger partial charge in [0.2, 0.25) is 5.91 Å². The maximum absolute atomic E-state index is 12.1. The highest BCUT2D eigenvalue weighted by Crippen LogP contribution is 2.21. The Bertz CT molecular complexity index is 477. The molecule has 0 aromatic carbocycles. The van der Waals surface area contributed by atoms with Gasteiger partial charge in [-0.2, -0.15) is 5.10 Å². The van der Waals surface area contributed by atoms with Crippen LogP contribution >= 0.6 is 0 Å². The van der Waals surface area contributed by atoms with Crippen LogP contribution in [0.25, 0.3) is 6.08 Å². The molecule has 1 aliphatic heterocycles. The Morgan fingerprint density at radius 1 is 1.47 bits per heavy atom. The van der Waals surface area contributed by atoms with E-state index in [1.807, 2.05) is 20.0 Å². The van der Waals surface area contributed by atoms with Gasteiger partial charge >= 0.3 is 0 Å². The molecule has 1 aliphatic rings. The Balaban J connectivity index is 1.97. The molecule has 0 bridgehead atoms. The number of aromatic nitrogens is 2. The third-order valence-electron chi connectivity index (χ3n) is 3.63. The van der Waals surface area contributed by atoms with Crippen molar-refractivity contribution in [1.82, 2.24) is 14.7 Å². The summed E-state index contributed by atoms with van der Waals surface area (Å²) in [5.74, 6) is -0.00102. The first-order chi connectivity index (χ1) is 8.98. The van der Waals surface area contributed by atoms with E-state index < -0.39 is 5.60 Å². The summed E-state index contributed by atoms with van der Waals surface area (Å²) in [5, 5.41) is 14.1. The highest BCUT2D eigenvalue weighted by Gasteiger charge is 2.26. The fourth-order valence-corrected chi connectivity index (χ4v) is 2.29. The highest BCUT2D eigenvalue weighted by atomic mass is 16.3. The number of amides is 1. The number of aliphatic hydroxyl groups is 1. The second-order valence-corrected chi connectivity index (χ2v) is 5.39. The summed E-state index contributed by atoms with van der Waals surface area (Å²) < 4.78 is 1.72. The Morgan fingerprint density at radius 3 is 2.95 bits per heavy atom. The Labute approximate surface area is 113 Å². The van der Waals surface area contributed by atoms with Crippen LogP contribution in [0.3, 0.4) is 0 Å². The minimum absolute atomic E-state index is 0.00102. The molecule has 5 heteroatoms. The molecule has 1 saturated heterocycles. The van der Waals surface area contributed by atoms with Gasteiger partial charge in [0.25, 0.3) is 0 Å². The van der Waals surface area contributed by atoms with E-state index in [1.165, 1.54) is 0 Å². The monoisotopic (exact) mass is 263 g/mol. The molecule has 1 fully saturated rings. The lowest BCUT2D eigenvalue weighted by Crippen LogP contribution is -2.32. The van der Waals surface area contributed by atoms with Gasteiger partial charge in [-0.1, -0.05) is 0 Å². The average Bonchev–Trinajstić information content (AvgIpc) is 2.66. The van der Waals surface area contributed by atoms with Gasteiger partial charge in [-0.3, -0.25) is 9.48 Å². The SMILES string of the molecule is Cn1nccc1/C=C/C(=O)N1CCCC(C)(O)CC1. The smallest absolute Gasteiger partial charge is 0.246 e. The largest absolute Gasteiger partial charge is 0.390 e. The number of carbonyl (C=O) groups excluding carboxylic acids is 1. The van der Waals surface area contributed by atoms with Crippen molar-refractivity contribution in [3.05, 3.63) is 24.0 Å². The molecule has 1 atom stereocenters. The molecule has 0 saturated carbocycles. The molecule has 0 aliphatic carbocycles. The van der Waals surface area contributed by atoms with Gasteiger partial charge in [0.1, 0.15) is 0 Å². The van der Waals surface area contributed by atoms with Crippen LogP contribution in [0, 0.1) is 0 Å². The maximum Gasteiger partial charge on any atom is 0.246 e. The molecule has 104 valence electrons. The van der Waals surface area contributed by atoms with Crippen molar-refractivity contribution in [3.63, 3.8) is 0 Å². The Kier molecular flexibility index (Phi) is 4.04. The van der Waals surface area contributed by atoms with Crippen molar-refractivity contribution in [2.75, 3.05) is 13.1 Å². The standard InChI is InChI=1S/C14H21N3O2/c1-14(19)7-3-10-17(11-8-14)13(18)5-4-12-6-9-15-16(12)2/h4-6,9,19H,3,7-8,10-11H2,1-2H3/b5-4+. The Hall–Kier alpha value is -1.62. The van der Waals surface area contributed by atoms with Crippen LogP contribution in [0.1, 0.15) is 31.9 Å². The summed E-state index contributed by atoms with van der Waals surface area (Å²) in [4.78, 5) is 13.9. The van der Waals surface area contributed by atoms with Gasteiger partial charge in [-0.25, -0.2) is 0 Å². The molecule has 1 unspecified atom stereocenters. The predicted molar refractivity (Wildman–Crippen MR) is 73.3 cm³/mol. The van der Waals surface area contributed by atoms with Crippen molar-refractivity contribution in [1.29, 1.82) is 0 Å². The van der Waals surface area contributed by atoms with E-state index in [9.17, 15) is 9.90 Å². The fourth-order valence-electron chi connectivity index (χ4n) is 2.29. The molecule has 1 aromatic rings. The topological polar surface area (TPSA) is 58.4 Å². The van der Waals surface area contributed by atoms with Crippen LogP contribution in [0.2, 0.25) is 0 Å². The first kappa shape index (κ1) is 13.8. The van der Waals surface area contributed by atoms with E-state index in [1.54, 1.807) is 27.9 Å². The lowest BCUT2D eigenvalue weighted by molar-refractivity contribution is -0.126. The van der Waals surface area contributed by atoms with E-state index in [0.29, 0.717) is 19.5 Å². The van der Waals surface area contributed by atoms with Gasteiger partial charge < -0.3 is 10.0 Å². The van der Waals surface area contributed by atoms with Crippen LogP contribution in [-0.2, 0) is 11.8 Å². The molecule has 5 nitrogen and oxygen atoms in total. The molecular formula is C14H21N3O2. The number of nitrogens with zero attached hydrogens (tertiary/aromatic N) is 3. The fraction of sp³-hybridized carbons (Fsp3) is 0.571. The molecule has 1 amide bonds. The van der Waals surface area contributed by atoms with Gasteiger partial charge in [0.05, 0.1) is 11.3 Å². The van der Waals surface area contributed by atoms with E-state index in [0.717, 1.165) is 18.5 Å². The predicted octanol–water partition coefficient (Wildman–Crippen LogP) is 1.20. The third kappa shape index (κ3) is 3.67. The highest BCUT2D eigenvalue weighted by molar-refractivity contribution is 5.91. The maximum atomic E-state index is 12.1. The lowest BCUT2D eigenvalue weighted by Gasteiger charge is -2.21. The zero-order chi connectivity index (χ0) is 13.9. The van der Waals surface area contributed by atoms with E-state index in [4.69, 9.17) is 0 Å². The molecule has 19 heavy (non-hydrogen) atoms. The van der Waals surface area contributed by atoms with E-state index in [2.05, 4.69) is 5.10 Å². The number of aryl methyl sites for hydroxylation is 1. The minimum Gasteiger partial charge on any atom is -0.390 e. The zero-order valence-electron chi connectivity index (χ0n) is 11.5. The normalized spacial score (nSPS) is 24.7. The van der Waals surface area contributed by atoms with Crippen LogP contribution in [0.4, 0.5) is 0 Å². The quantitative estimate of drug-likeness (QED) is 0.816. The van der Waals surface area contributed by atoms with Crippen LogP contribution in [0.15, 0.2) is 18.3 Å². The van der Waals surface area contributed by atoms with Crippen LogP contribution in [0.5, 0.6) is 0 Å². The van der Waals surface area contributed by atoms with Gasteiger partial charge in [-0.15, -0.1) is 0 Å². The summed E-state index contributed by atoms with van der Waals surface area (Å²) in [6, 6.07) is 1.86. The molecule has 0 spiro atoms. The molecular weight excluding hydrogens is 242 g/mol. The molecule has 2 heterocycles. The average molecular weight is 263 g/mol. The van der Waals surface area contributed by atoms with Crippen molar-refractivity contribution in [2.24, 2.45) is 7.05 Å². The lowest BCUT2D eigenvalue weighted by atomic mass is 9.98. The first-order valence-corrected chi connectivity index (χ1v) is 6.65. The molecule has 1 N–H and O–H groups in total. The van der Waals surface area contributed by atoms with Gasteiger partial charge in [0.15, 0.2) is 0 Å². The first-order valence-electron chi connectivity index (χ1n) is 6.65. The zero-order valence-corrected chi connectivity index (χ0v) is 11.5. The minimum atomic E-state index is -0.638. The van der Waals surface area contributed by atoms with Crippen molar-refractivity contribution >= 4 is 12.0 Å². The summed E-state index contributed by atoms with van der Waals surface area (Å²) >= 11 is 0. The van der Waals surface area contributed by atoms with Crippen LogP contribution in [-0.4, -0.2) is 44.4 Å². The van der Waals surface area contributed by atoms with Crippen molar-refractivity contribution in [2.45, 2.75) is 31.8 Å². The Morgan fingerprint density at radius 2 is 2.26 bits per heavy atom. The van der Waals surface area contributed by atoms with Crippen LogP contribution < -0.4 is 0 Å². The third-order valence-corrected chi connectivity index (χ3v) is 3.63. The number of carbonyl (C=O) groups is 1. The van der Waals surface area contributed by atoms with E-state index >= 15 is 0 Å².